The van der Waals surface area contributed by atoms with E-state index in [1.165, 1.54) is 22.9 Å². The molecule has 6 nitrogen and oxygen atoms in total. The number of carbonyl (C=O) groups is 1. The highest BCUT2D eigenvalue weighted by molar-refractivity contribution is 7.99. The summed E-state index contributed by atoms with van der Waals surface area (Å²) in [7, 11) is 0. The SMILES string of the molecule is CCSc1nc(C)cc(C(=O)Nc2cnn(Cc3cccc(C)c3)c2)n1. The number of carbonyl (C=O) groups excluding carboxylic acids is 1. The zero-order valence-corrected chi connectivity index (χ0v) is 15.9. The lowest BCUT2D eigenvalue weighted by atomic mass is 10.1. The van der Waals surface area contributed by atoms with Crippen LogP contribution in [-0.2, 0) is 6.54 Å². The fourth-order valence-electron chi connectivity index (χ4n) is 2.56. The number of thioether (sulfide) groups is 1. The highest BCUT2D eigenvalue weighted by atomic mass is 32.2. The molecule has 0 aliphatic carbocycles. The maximum absolute atomic E-state index is 12.5. The molecule has 0 saturated heterocycles. The fourth-order valence-corrected chi connectivity index (χ4v) is 3.19. The molecule has 0 radical (unpaired) electrons. The zero-order valence-electron chi connectivity index (χ0n) is 15.1. The van der Waals surface area contributed by atoms with Crippen LogP contribution < -0.4 is 5.32 Å². The van der Waals surface area contributed by atoms with Crippen LogP contribution in [0.5, 0.6) is 0 Å². The number of hydrogen-bond donors (Lipinski definition) is 1. The van der Waals surface area contributed by atoms with E-state index in [4.69, 9.17) is 0 Å². The largest absolute Gasteiger partial charge is 0.318 e. The smallest absolute Gasteiger partial charge is 0.274 e. The van der Waals surface area contributed by atoms with Crippen molar-refractivity contribution in [2.75, 3.05) is 11.1 Å². The van der Waals surface area contributed by atoms with Crippen molar-refractivity contribution < 1.29 is 4.79 Å². The van der Waals surface area contributed by atoms with Crippen LogP contribution in [0.2, 0.25) is 0 Å². The first-order valence-corrected chi connectivity index (χ1v) is 9.40. The summed E-state index contributed by atoms with van der Waals surface area (Å²) in [5.74, 6) is 0.597. The molecule has 0 atom stereocenters. The van der Waals surface area contributed by atoms with Crippen LogP contribution in [0.1, 0.15) is 34.2 Å². The van der Waals surface area contributed by atoms with E-state index >= 15 is 0 Å². The molecule has 1 aromatic carbocycles. The quantitative estimate of drug-likeness (QED) is 0.531. The van der Waals surface area contributed by atoms with Crippen LogP contribution in [0.3, 0.4) is 0 Å². The van der Waals surface area contributed by atoms with Crippen molar-refractivity contribution >= 4 is 23.4 Å². The molecule has 0 fully saturated rings. The van der Waals surface area contributed by atoms with Crippen molar-refractivity contribution in [3.05, 3.63) is 65.2 Å². The minimum atomic E-state index is -0.261. The lowest BCUT2D eigenvalue weighted by Crippen LogP contribution is -2.14. The average molecular weight is 367 g/mol. The number of hydrogen-bond acceptors (Lipinski definition) is 5. The van der Waals surface area contributed by atoms with Gasteiger partial charge in [-0.05, 0) is 31.2 Å². The van der Waals surface area contributed by atoms with Crippen molar-refractivity contribution in [3.63, 3.8) is 0 Å². The summed E-state index contributed by atoms with van der Waals surface area (Å²) in [5, 5.41) is 7.79. The van der Waals surface area contributed by atoms with E-state index in [1.54, 1.807) is 16.9 Å². The molecule has 2 heterocycles. The molecule has 2 aromatic heterocycles. The Morgan fingerprint density at radius 1 is 1.23 bits per heavy atom. The van der Waals surface area contributed by atoms with Crippen molar-refractivity contribution in [2.24, 2.45) is 0 Å². The molecule has 0 aliphatic heterocycles. The molecular weight excluding hydrogens is 346 g/mol. The third-order valence-electron chi connectivity index (χ3n) is 3.66. The summed E-state index contributed by atoms with van der Waals surface area (Å²) in [6.07, 6.45) is 3.46. The molecule has 0 unspecified atom stereocenters. The monoisotopic (exact) mass is 367 g/mol. The molecule has 7 heteroatoms. The second kappa shape index (κ2) is 8.14. The van der Waals surface area contributed by atoms with Gasteiger partial charge >= 0.3 is 0 Å². The van der Waals surface area contributed by atoms with E-state index in [2.05, 4.69) is 45.5 Å². The van der Waals surface area contributed by atoms with E-state index in [-0.39, 0.29) is 5.91 Å². The highest BCUT2D eigenvalue weighted by Gasteiger charge is 2.12. The molecule has 134 valence electrons. The summed E-state index contributed by atoms with van der Waals surface area (Å²) >= 11 is 1.52. The number of benzene rings is 1. The minimum Gasteiger partial charge on any atom is -0.318 e. The van der Waals surface area contributed by atoms with Gasteiger partial charge in [0.15, 0.2) is 5.16 Å². The van der Waals surface area contributed by atoms with Crippen LogP contribution in [-0.4, -0.2) is 31.4 Å². The highest BCUT2D eigenvalue weighted by Crippen LogP contribution is 2.15. The van der Waals surface area contributed by atoms with Gasteiger partial charge in [-0.1, -0.05) is 48.5 Å². The Morgan fingerprint density at radius 3 is 2.85 bits per heavy atom. The number of anilines is 1. The molecule has 3 rings (SSSR count). The first-order chi connectivity index (χ1) is 12.5. The van der Waals surface area contributed by atoms with E-state index in [9.17, 15) is 4.79 Å². The molecule has 0 saturated carbocycles. The Bertz CT molecular complexity index is 922. The average Bonchev–Trinajstić information content (AvgIpc) is 3.01. The second-order valence-corrected chi connectivity index (χ2v) is 7.21. The maximum Gasteiger partial charge on any atom is 0.274 e. The predicted molar refractivity (Wildman–Crippen MR) is 104 cm³/mol. The molecule has 0 bridgehead atoms. The Balaban J connectivity index is 1.70. The number of aryl methyl sites for hydroxylation is 2. The van der Waals surface area contributed by atoms with Gasteiger partial charge < -0.3 is 5.32 Å². The summed E-state index contributed by atoms with van der Waals surface area (Å²) in [6.45, 7) is 6.60. The Kier molecular flexibility index (Phi) is 5.68. The van der Waals surface area contributed by atoms with Gasteiger partial charge in [-0.2, -0.15) is 5.10 Å². The Hall–Kier alpha value is -2.67. The Labute approximate surface area is 157 Å². The molecule has 3 aromatic rings. The molecule has 0 spiro atoms. The molecule has 26 heavy (non-hydrogen) atoms. The second-order valence-electron chi connectivity index (χ2n) is 5.98. The van der Waals surface area contributed by atoms with Crippen LogP contribution in [0.25, 0.3) is 0 Å². The van der Waals surface area contributed by atoms with Gasteiger partial charge in [0.2, 0.25) is 0 Å². The number of nitrogens with one attached hydrogen (secondary N) is 1. The van der Waals surface area contributed by atoms with Gasteiger partial charge in [-0.25, -0.2) is 9.97 Å². The summed E-state index contributed by atoms with van der Waals surface area (Å²) in [5.41, 5.74) is 4.15. The van der Waals surface area contributed by atoms with Gasteiger partial charge in [0, 0.05) is 11.9 Å². The van der Waals surface area contributed by atoms with Crippen LogP contribution >= 0.6 is 11.8 Å². The summed E-state index contributed by atoms with van der Waals surface area (Å²) < 4.78 is 1.80. The lowest BCUT2D eigenvalue weighted by Gasteiger charge is -2.05. The standard InChI is InChI=1S/C19H21N5OS/c1-4-26-19-21-14(3)9-17(23-19)18(25)22-16-10-20-24(12-16)11-15-7-5-6-13(2)8-15/h5-10,12H,4,11H2,1-3H3,(H,22,25). The molecule has 0 aliphatic rings. The van der Waals surface area contributed by atoms with Gasteiger partial charge in [-0.15, -0.1) is 0 Å². The minimum absolute atomic E-state index is 0.261. The van der Waals surface area contributed by atoms with Gasteiger partial charge in [0.1, 0.15) is 5.69 Å². The van der Waals surface area contributed by atoms with Crippen molar-refractivity contribution in [2.45, 2.75) is 32.5 Å². The fraction of sp³-hybridized carbons (Fsp3) is 0.263. The van der Waals surface area contributed by atoms with Gasteiger partial charge in [0.05, 0.1) is 18.4 Å². The zero-order chi connectivity index (χ0) is 18.5. The number of nitrogens with zero attached hydrogens (tertiary/aromatic N) is 4. The van der Waals surface area contributed by atoms with E-state index < -0.39 is 0 Å². The maximum atomic E-state index is 12.5. The van der Waals surface area contributed by atoms with E-state index in [1.807, 2.05) is 26.1 Å². The molecule has 1 N–H and O–H groups in total. The summed E-state index contributed by atoms with van der Waals surface area (Å²) in [4.78, 5) is 21.1. The predicted octanol–water partition coefficient (Wildman–Crippen LogP) is 3.70. The Morgan fingerprint density at radius 2 is 2.08 bits per heavy atom. The third kappa shape index (κ3) is 4.70. The van der Waals surface area contributed by atoms with E-state index in [0.29, 0.717) is 23.1 Å². The van der Waals surface area contributed by atoms with Crippen LogP contribution in [0.4, 0.5) is 5.69 Å². The van der Waals surface area contributed by atoms with Crippen LogP contribution in [0, 0.1) is 13.8 Å². The summed E-state index contributed by atoms with van der Waals surface area (Å²) in [6, 6.07) is 9.96. The third-order valence-corrected chi connectivity index (χ3v) is 4.39. The molecular formula is C19H21N5OS. The van der Waals surface area contributed by atoms with Crippen molar-refractivity contribution in [1.29, 1.82) is 0 Å². The molecule has 1 amide bonds. The first-order valence-electron chi connectivity index (χ1n) is 8.41. The normalized spacial score (nSPS) is 10.7. The number of rotatable bonds is 6. The van der Waals surface area contributed by atoms with Crippen molar-refractivity contribution in [1.82, 2.24) is 19.7 Å². The van der Waals surface area contributed by atoms with E-state index in [0.717, 1.165) is 11.4 Å². The number of amides is 1. The van der Waals surface area contributed by atoms with Crippen molar-refractivity contribution in [3.8, 4) is 0 Å². The first kappa shape index (κ1) is 18.1. The van der Waals surface area contributed by atoms with Gasteiger partial charge in [0.25, 0.3) is 5.91 Å². The topological polar surface area (TPSA) is 72.7 Å². The number of aromatic nitrogens is 4. The van der Waals surface area contributed by atoms with Crippen LogP contribution in [0.15, 0.2) is 47.9 Å². The van der Waals surface area contributed by atoms with Gasteiger partial charge in [-0.3, -0.25) is 9.48 Å². The lowest BCUT2D eigenvalue weighted by molar-refractivity contribution is 0.102.